The molecule has 0 unspecified atom stereocenters. The Bertz CT molecular complexity index is 211. The van der Waals surface area contributed by atoms with Crippen LogP contribution in [-0.4, -0.2) is 23.3 Å². The summed E-state index contributed by atoms with van der Waals surface area (Å²) in [6.07, 6.45) is 1.54. The number of aromatic amines is 2. The number of aromatic nitrogens is 2. The summed E-state index contributed by atoms with van der Waals surface area (Å²) in [5.74, 6) is 0. The van der Waals surface area contributed by atoms with Crippen molar-refractivity contribution in [2.45, 2.75) is 6.92 Å². The zero-order chi connectivity index (χ0) is 8.53. The SMILES string of the molecule is CCOC=O.O=c1cc[nH][nH]1. The molecule has 0 bridgehead atoms. The molecule has 1 aromatic heterocycles. The van der Waals surface area contributed by atoms with Gasteiger partial charge in [-0.1, -0.05) is 0 Å². The Morgan fingerprint density at radius 2 is 2.45 bits per heavy atom. The maximum Gasteiger partial charge on any atom is 0.293 e. The second-order valence-electron chi connectivity index (χ2n) is 1.52. The minimum Gasteiger partial charge on any atom is -0.468 e. The molecule has 0 spiro atoms. The molecule has 1 rings (SSSR count). The Morgan fingerprint density at radius 3 is 2.55 bits per heavy atom. The van der Waals surface area contributed by atoms with E-state index >= 15 is 0 Å². The molecule has 0 radical (unpaired) electrons. The molecule has 2 N–H and O–H groups in total. The van der Waals surface area contributed by atoms with Gasteiger partial charge in [-0.25, -0.2) is 0 Å². The van der Waals surface area contributed by atoms with Crippen molar-refractivity contribution in [1.29, 1.82) is 0 Å². The summed E-state index contributed by atoms with van der Waals surface area (Å²) in [5.41, 5.74) is -0.0880. The van der Waals surface area contributed by atoms with Gasteiger partial charge in [-0.3, -0.25) is 14.7 Å². The third-order valence-corrected chi connectivity index (χ3v) is 0.748. The number of H-pyrrole nitrogens is 2. The van der Waals surface area contributed by atoms with Gasteiger partial charge in [0.2, 0.25) is 0 Å². The van der Waals surface area contributed by atoms with Gasteiger partial charge in [-0.15, -0.1) is 0 Å². The number of nitrogens with one attached hydrogen (secondary N) is 2. The molecule has 0 aliphatic rings. The largest absolute Gasteiger partial charge is 0.468 e. The predicted molar refractivity (Wildman–Crippen MR) is 39.1 cm³/mol. The summed E-state index contributed by atoms with van der Waals surface area (Å²) >= 11 is 0. The van der Waals surface area contributed by atoms with E-state index in [0.29, 0.717) is 13.1 Å². The number of rotatable bonds is 2. The lowest BCUT2D eigenvalue weighted by Gasteiger charge is -1.79. The maximum absolute atomic E-state index is 9.98. The van der Waals surface area contributed by atoms with Crippen molar-refractivity contribution in [3.05, 3.63) is 22.6 Å². The van der Waals surface area contributed by atoms with Gasteiger partial charge >= 0.3 is 0 Å². The fraction of sp³-hybridized carbons (Fsp3) is 0.333. The van der Waals surface area contributed by atoms with Crippen LogP contribution in [0.2, 0.25) is 0 Å². The van der Waals surface area contributed by atoms with E-state index in [0.717, 1.165) is 0 Å². The topological polar surface area (TPSA) is 75.0 Å². The van der Waals surface area contributed by atoms with Gasteiger partial charge in [0.05, 0.1) is 6.61 Å². The van der Waals surface area contributed by atoms with Gasteiger partial charge in [0.1, 0.15) is 0 Å². The predicted octanol–water partition coefficient (Wildman–Crippen LogP) is -0.118. The molecule has 11 heavy (non-hydrogen) atoms. The smallest absolute Gasteiger partial charge is 0.293 e. The van der Waals surface area contributed by atoms with E-state index in [1.54, 1.807) is 13.1 Å². The van der Waals surface area contributed by atoms with Crippen molar-refractivity contribution < 1.29 is 9.53 Å². The third kappa shape index (κ3) is 6.36. The quantitative estimate of drug-likeness (QED) is 0.589. The van der Waals surface area contributed by atoms with Crippen LogP contribution < -0.4 is 5.56 Å². The van der Waals surface area contributed by atoms with Crippen molar-refractivity contribution in [2.24, 2.45) is 0 Å². The van der Waals surface area contributed by atoms with Crippen LogP contribution in [-0.2, 0) is 9.53 Å². The lowest BCUT2D eigenvalue weighted by molar-refractivity contribution is -0.128. The first-order valence-electron chi connectivity index (χ1n) is 3.08. The molecular weight excluding hydrogens is 148 g/mol. The highest BCUT2D eigenvalue weighted by molar-refractivity contribution is 5.36. The van der Waals surface area contributed by atoms with Crippen LogP contribution in [0, 0.1) is 0 Å². The Hall–Kier alpha value is -1.52. The second kappa shape index (κ2) is 6.60. The molecule has 1 heterocycles. The minimum absolute atomic E-state index is 0.0880. The molecule has 0 saturated heterocycles. The molecule has 0 aliphatic carbocycles. The summed E-state index contributed by atoms with van der Waals surface area (Å²) in [7, 11) is 0. The molecule has 0 aromatic carbocycles. The van der Waals surface area contributed by atoms with Gasteiger partial charge in [-0.05, 0) is 6.92 Å². The van der Waals surface area contributed by atoms with Crippen LogP contribution in [0.4, 0.5) is 0 Å². The summed E-state index contributed by atoms with van der Waals surface area (Å²) in [4.78, 5) is 19.2. The average Bonchev–Trinajstić information content (AvgIpc) is 2.43. The molecule has 0 amide bonds. The maximum atomic E-state index is 9.98. The van der Waals surface area contributed by atoms with Crippen LogP contribution >= 0.6 is 0 Å². The van der Waals surface area contributed by atoms with Crippen LogP contribution in [0.3, 0.4) is 0 Å². The van der Waals surface area contributed by atoms with Crippen molar-refractivity contribution in [2.75, 3.05) is 6.61 Å². The first-order valence-corrected chi connectivity index (χ1v) is 3.08. The van der Waals surface area contributed by atoms with E-state index < -0.39 is 0 Å². The van der Waals surface area contributed by atoms with Gasteiger partial charge in [0.25, 0.3) is 12.0 Å². The van der Waals surface area contributed by atoms with E-state index in [1.807, 2.05) is 0 Å². The minimum atomic E-state index is -0.0880. The third-order valence-electron chi connectivity index (χ3n) is 0.748. The Kier molecular flexibility index (Phi) is 5.69. The number of carbonyl (C=O) groups excluding carboxylic acids is 1. The second-order valence-corrected chi connectivity index (χ2v) is 1.52. The number of ether oxygens (including phenoxy) is 1. The normalized spacial score (nSPS) is 7.73. The van der Waals surface area contributed by atoms with Gasteiger partial charge in [0, 0.05) is 12.3 Å². The molecule has 0 atom stereocenters. The Labute approximate surface area is 63.4 Å². The molecule has 0 saturated carbocycles. The average molecular weight is 158 g/mol. The highest BCUT2D eigenvalue weighted by atomic mass is 16.5. The molecule has 5 nitrogen and oxygen atoms in total. The van der Waals surface area contributed by atoms with Crippen molar-refractivity contribution >= 4 is 6.47 Å². The number of hydrogen-bond donors (Lipinski definition) is 2. The lowest BCUT2D eigenvalue weighted by Crippen LogP contribution is -1.93. The summed E-state index contributed by atoms with van der Waals surface area (Å²) < 4.78 is 4.15. The fourth-order valence-corrected chi connectivity index (χ4v) is 0.340. The van der Waals surface area contributed by atoms with Crippen molar-refractivity contribution in [3.8, 4) is 0 Å². The summed E-state index contributed by atoms with van der Waals surface area (Å²) in [6.45, 7) is 2.66. The van der Waals surface area contributed by atoms with Gasteiger partial charge in [0.15, 0.2) is 0 Å². The van der Waals surface area contributed by atoms with Crippen LogP contribution in [0.25, 0.3) is 0 Å². The van der Waals surface area contributed by atoms with Crippen LogP contribution in [0.5, 0.6) is 0 Å². The van der Waals surface area contributed by atoms with Crippen LogP contribution in [0.1, 0.15) is 6.92 Å². The zero-order valence-corrected chi connectivity index (χ0v) is 6.16. The van der Waals surface area contributed by atoms with Crippen molar-refractivity contribution in [3.63, 3.8) is 0 Å². The number of carbonyl (C=O) groups is 1. The number of hydrogen-bond acceptors (Lipinski definition) is 3. The molecular formula is C6H10N2O3. The summed E-state index contributed by atoms with van der Waals surface area (Å²) in [5, 5.41) is 4.81. The fourth-order valence-electron chi connectivity index (χ4n) is 0.340. The molecule has 0 aliphatic heterocycles. The molecule has 1 aromatic rings. The van der Waals surface area contributed by atoms with E-state index in [9.17, 15) is 9.59 Å². The van der Waals surface area contributed by atoms with E-state index in [-0.39, 0.29) is 5.56 Å². The highest BCUT2D eigenvalue weighted by Crippen LogP contribution is 1.55. The first kappa shape index (κ1) is 9.48. The highest BCUT2D eigenvalue weighted by Gasteiger charge is 1.70. The molecule has 62 valence electrons. The zero-order valence-electron chi connectivity index (χ0n) is 6.16. The van der Waals surface area contributed by atoms with Gasteiger partial charge in [-0.2, -0.15) is 0 Å². The van der Waals surface area contributed by atoms with Gasteiger partial charge < -0.3 is 9.84 Å². The van der Waals surface area contributed by atoms with Crippen molar-refractivity contribution in [1.82, 2.24) is 10.2 Å². The van der Waals surface area contributed by atoms with E-state index in [4.69, 9.17) is 0 Å². The first-order chi connectivity index (χ1) is 5.31. The summed E-state index contributed by atoms with van der Waals surface area (Å²) in [6, 6.07) is 1.42. The Balaban J connectivity index is 0.000000187. The Morgan fingerprint density at radius 1 is 1.73 bits per heavy atom. The monoisotopic (exact) mass is 158 g/mol. The lowest BCUT2D eigenvalue weighted by atomic mass is 10.7. The standard InChI is InChI=1S/C3H4N2O.C3H6O2/c6-3-1-2-4-5-3;1-2-5-3-4/h1-2H,(H2,4,5,6);3H,2H2,1H3. The molecule has 0 fully saturated rings. The van der Waals surface area contributed by atoms with E-state index in [2.05, 4.69) is 14.9 Å². The molecule has 5 heteroatoms. The van der Waals surface area contributed by atoms with Crippen LogP contribution in [0.15, 0.2) is 17.1 Å². The van der Waals surface area contributed by atoms with E-state index in [1.165, 1.54) is 6.07 Å².